The summed E-state index contributed by atoms with van der Waals surface area (Å²) in [7, 11) is 2.16. The third-order valence-electron chi connectivity index (χ3n) is 2.74. The molecule has 15 heavy (non-hydrogen) atoms. The fourth-order valence-corrected chi connectivity index (χ4v) is 2.62. The topological polar surface area (TPSA) is 41.3 Å². The van der Waals surface area contributed by atoms with Gasteiger partial charge in [0.05, 0.1) is 0 Å². The van der Waals surface area contributed by atoms with Crippen molar-refractivity contribution < 1.29 is 0 Å². The van der Waals surface area contributed by atoms with E-state index < -0.39 is 0 Å². The molecule has 0 spiro atoms. The van der Waals surface area contributed by atoms with E-state index in [9.17, 15) is 0 Å². The smallest absolute Gasteiger partial charge is 0.0480 e. The molecule has 4 heteroatoms. The van der Waals surface area contributed by atoms with Gasteiger partial charge < -0.3 is 16.0 Å². The van der Waals surface area contributed by atoms with Crippen molar-refractivity contribution in [2.45, 2.75) is 12.5 Å². The fraction of sp³-hybridized carbons (Fsp3) is 0.455. The van der Waals surface area contributed by atoms with Gasteiger partial charge in [0, 0.05) is 27.5 Å². The zero-order valence-electron chi connectivity index (χ0n) is 8.83. The Morgan fingerprint density at radius 1 is 1.53 bits per heavy atom. The van der Waals surface area contributed by atoms with Crippen LogP contribution in [0.4, 0.5) is 11.4 Å². The molecule has 1 saturated heterocycles. The van der Waals surface area contributed by atoms with Crippen molar-refractivity contribution in [3.8, 4) is 0 Å². The van der Waals surface area contributed by atoms with E-state index in [1.807, 2.05) is 12.1 Å². The van der Waals surface area contributed by atoms with Crippen LogP contribution < -0.4 is 11.1 Å². The van der Waals surface area contributed by atoms with Crippen LogP contribution in [-0.4, -0.2) is 31.1 Å². The van der Waals surface area contributed by atoms with Crippen molar-refractivity contribution in [3.63, 3.8) is 0 Å². The molecule has 1 atom stereocenters. The first-order valence-corrected chi connectivity index (χ1v) is 6.23. The minimum atomic E-state index is 0.576. The molecule has 1 unspecified atom stereocenters. The van der Waals surface area contributed by atoms with Gasteiger partial charge in [0.1, 0.15) is 0 Å². The molecule has 82 valence electrons. The molecule has 1 heterocycles. The van der Waals surface area contributed by atoms with E-state index in [1.54, 1.807) is 0 Å². The molecule has 1 fully saturated rings. The summed E-state index contributed by atoms with van der Waals surface area (Å²) in [5.41, 5.74) is 7.74. The minimum Gasteiger partial charge on any atom is -0.399 e. The Hall–Kier alpha value is -0.490. The predicted octanol–water partition coefficient (Wildman–Crippen LogP) is 1.99. The molecular weight excluding hydrogens is 301 g/mol. The van der Waals surface area contributed by atoms with Crippen LogP contribution in [0.15, 0.2) is 18.2 Å². The van der Waals surface area contributed by atoms with Crippen LogP contribution in [-0.2, 0) is 0 Å². The first-order valence-electron chi connectivity index (χ1n) is 5.15. The molecule has 1 aliphatic heterocycles. The average molecular weight is 317 g/mol. The molecule has 1 aliphatic rings. The highest BCUT2D eigenvalue weighted by molar-refractivity contribution is 14.1. The van der Waals surface area contributed by atoms with Crippen molar-refractivity contribution in [3.05, 3.63) is 21.8 Å². The van der Waals surface area contributed by atoms with Crippen LogP contribution in [0.3, 0.4) is 0 Å². The summed E-state index contributed by atoms with van der Waals surface area (Å²) in [4.78, 5) is 2.35. The quantitative estimate of drug-likeness (QED) is 0.647. The van der Waals surface area contributed by atoms with Gasteiger partial charge in [0.2, 0.25) is 0 Å². The van der Waals surface area contributed by atoms with E-state index in [4.69, 9.17) is 5.73 Å². The second-order valence-electron chi connectivity index (χ2n) is 4.13. The number of nitrogen functional groups attached to an aromatic ring is 1. The SMILES string of the molecule is CN1CCC(Nc2ccc(N)cc2I)C1. The molecule has 1 aromatic carbocycles. The number of hydrogen-bond donors (Lipinski definition) is 2. The molecule has 3 nitrogen and oxygen atoms in total. The van der Waals surface area contributed by atoms with E-state index in [0.717, 1.165) is 12.2 Å². The molecule has 0 bridgehead atoms. The molecule has 0 amide bonds. The first kappa shape index (κ1) is 11.0. The number of benzene rings is 1. The van der Waals surface area contributed by atoms with Crippen LogP contribution in [0, 0.1) is 3.57 Å². The third-order valence-corrected chi connectivity index (χ3v) is 3.64. The van der Waals surface area contributed by atoms with Crippen LogP contribution >= 0.6 is 22.6 Å². The highest BCUT2D eigenvalue weighted by Crippen LogP contribution is 2.23. The van der Waals surface area contributed by atoms with Crippen LogP contribution in [0.5, 0.6) is 0 Å². The fourth-order valence-electron chi connectivity index (χ4n) is 1.92. The minimum absolute atomic E-state index is 0.576. The van der Waals surface area contributed by atoms with Gasteiger partial charge in [-0.3, -0.25) is 0 Å². The Bertz CT molecular complexity index is 354. The molecule has 1 aromatic rings. The largest absolute Gasteiger partial charge is 0.399 e. The summed E-state index contributed by atoms with van der Waals surface area (Å²) < 4.78 is 1.20. The van der Waals surface area contributed by atoms with Crippen LogP contribution in [0.25, 0.3) is 0 Å². The van der Waals surface area contributed by atoms with Crippen molar-refractivity contribution in [1.29, 1.82) is 0 Å². The highest BCUT2D eigenvalue weighted by atomic mass is 127. The second-order valence-corrected chi connectivity index (χ2v) is 5.29. The highest BCUT2D eigenvalue weighted by Gasteiger charge is 2.19. The molecule has 0 aliphatic carbocycles. The number of anilines is 2. The van der Waals surface area contributed by atoms with Crippen LogP contribution in [0.1, 0.15) is 6.42 Å². The van der Waals surface area contributed by atoms with Crippen molar-refractivity contribution in [2.75, 3.05) is 31.2 Å². The van der Waals surface area contributed by atoms with Gasteiger partial charge in [0.25, 0.3) is 0 Å². The maximum absolute atomic E-state index is 5.72. The van der Waals surface area contributed by atoms with E-state index >= 15 is 0 Å². The number of hydrogen-bond acceptors (Lipinski definition) is 3. The number of nitrogens with zero attached hydrogens (tertiary/aromatic N) is 1. The Balaban J connectivity index is 2.04. The number of nitrogens with two attached hydrogens (primary N) is 1. The van der Waals surface area contributed by atoms with E-state index in [0.29, 0.717) is 6.04 Å². The number of halogens is 1. The van der Waals surface area contributed by atoms with Gasteiger partial charge in [-0.05, 0) is 60.8 Å². The average Bonchev–Trinajstić information content (AvgIpc) is 2.56. The van der Waals surface area contributed by atoms with Crippen LogP contribution in [0.2, 0.25) is 0 Å². The zero-order chi connectivity index (χ0) is 10.8. The number of likely N-dealkylation sites (N-methyl/N-ethyl adjacent to an activating group) is 1. The Labute approximate surface area is 104 Å². The molecule has 2 rings (SSSR count). The summed E-state index contributed by atoms with van der Waals surface area (Å²) >= 11 is 2.32. The zero-order valence-corrected chi connectivity index (χ0v) is 11.0. The normalized spacial score (nSPS) is 21.9. The lowest BCUT2D eigenvalue weighted by Crippen LogP contribution is -2.23. The van der Waals surface area contributed by atoms with Gasteiger partial charge in [-0.2, -0.15) is 0 Å². The van der Waals surface area contributed by atoms with E-state index in [-0.39, 0.29) is 0 Å². The van der Waals surface area contributed by atoms with Crippen molar-refractivity contribution in [2.24, 2.45) is 0 Å². The summed E-state index contributed by atoms with van der Waals surface area (Å²) in [5.74, 6) is 0. The molecule has 0 aromatic heterocycles. The van der Waals surface area contributed by atoms with Gasteiger partial charge in [-0.1, -0.05) is 0 Å². The summed E-state index contributed by atoms with van der Waals surface area (Å²) in [6.45, 7) is 2.31. The molecule has 0 radical (unpaired) electrons. The molecule has 3 N–H and O–H groups in total. The Morgan fingerprint density at radius 2 is 2.33 bits per heavy atom. The van der Waals surface area contributed by atoms with Gasteiger partial charge >= 0.3 is 0 Å². The summed E-state index contributed by atoms with van der Waals surface area (Å²) in [5, 5.41) is 3.56. The summed E-state index contributed by atoms with van der Waals surface area (Å²) in [6.07, 6.45) is 1.22. The lowest BCUT2D eigenvalue weighted by molar-refractivity contribution is 0.414. The monoisotopic (exact) mass is 317 g/mol. The number of rotatable bonds is 2. The predicted molar refractivity (Wildman–Crippen MR) is 73.1 cm³/mol. The van der Waals surface area contributed by atoms with E-state index in [2.05, 4.69) is 45.9 Å². The van der Waals surface area contributed by atoms with Gasteiger partial charge in [-0.25, -0.2) is 0 Å². The first-order chi connectivity index (χ1) is 7.15. The van der Waals surface area contributed by atoms with Gasteiger partial charge in [0.15, 0.2) is 0 Å². The maximum Gasteiger partial charge on any atom is 0.0480 e. The summed E-state index contributed by atoms with van der Waals surface area (Å²) in [6, 6.07) is 6.59. The Kier molecular flexibility index (Phi) is 3.35. The lowest BCUT2D eigenvalue weighted by Gasteiger charge is -2.15. The Morgan fingerprint density at radius 3 is 2.93 bits per heavy atom. The standard InChI is InChI=1S/C11H16IN3/c1-15-5-4-9(7-15)14-11-3-2-8(13)6-10(11)12/h2-3,6,9,14H,4-5,7,13H2,1H3. The third kappa shape index (κ3) is 2.75. The molecule has 0 saturated carbocycles. The second kappa shape index (κ2) is 4.57. The number of nitrogens with one attached hydrogen (secondary N) is 1. The number of likely N-dealkylation sites (tertiary alicyclic amines) is 1. The van der Waals surface area contributed by atoms with Gasteiger partial charge in [-0.15, -0.1) is 0 Å². The lowest BCUT2D eigenvalue weighted by atomic mass is 10.2. The maximum atomic E-state index is 5.72. The van der Waals surface area contributed by atoms with Crippen molar-refractivity contribution in [1.82, 2.24) is 4.90 Å². The van der Waals surface area contributed by atoms with Crippen molar-refractivity contribution >= 4 is 34.0 Å². The van der Waals surface area contributed by atoms with E-state index in [1.165, 1.54) is 22.2 Å². The molecular formula is C11H16IN3.